The summed E-state index contributed by atoms with van der Waals surface area (Å²) in [6.07, 6.45) is -3.45. The smallest absolute Gasteiger partial charge is 0.330 e. The minimum absolute atomic E-state index is 0.434. The van der Waals surface area contributed by atoms with Crippen molar-refractivity contribution in [2.45, 2.75) is 26.1 Å². The van der Waals surface area contributed by atoms with Crippen LogP contribution in [0, 0.1) is 18.6 Å². The minimum atomic E-state index is -4.27. The van der Waals surface area contributed by atoms with Gasteiger partial charge in [-0.15, -0.1) is 0 Å². The molecule has 3 N–H and O–H groups in total. The van der Waals surface area contributed by atoms with E-state index in [2.05, 4.69) is 5.32 Å². The van der Waals surface area contributed by atoms with E-state index in [9.17, 15) is 22.0 Å². The lowest BCUT2D eigenvalue weighted by atomic mass is 10.1. The quantitative estimate of drug-likeness (QED) is 0.612. The molecule has 0 aliphatic heterocycles. The van der Waals surface area contributed by atoms with Crippen molar-refractivity contribution < 1.29 is 22.0 Å². The molecule has 0 saturated carbocycles. The molecule has 0 heterocycles. The molecule has 2 nitrogen and oxygen atoms in total. The Balaban J connectivity index is 0.000000293. The van der Waals surface area contributed by atoms with Gasteiger partial charge in [-0.3, -0.25) is 0 Å². The van der Waals surface area contributed by atoms with E-state index in [1.54, 1.807) is 13.0 Å². The van der Waals surface area contributed by atoms with Gasteiger partial charge in [0.2, 0.25) is 0 Å². The Labute approximate surface area is 143 Å². The number of aryl methyl sites for hydroxylation is 1. The predicted octanol–water partition coefficient (Wildman–Crippen LogP) is 4.42. The molecule has 0 aliphatic rings. The van der Waals surface area contributed by atoms with Crippen LogP contribution >= 0.6 is 0 Å². The Bertz CT molecular complexity index is 606. The molecular formula is C18H21F5N2. The highest BCUT2D eigenvalue weighted by atomic mass is 19.4. The maximum absolute atomic E-state index is 12.4. The van der Waals surface area contributed by atoms with Crippen LogP contribution < -0.4 is 11.1 Å². The van der Waals surface area contributed by atoms with E-state index in [-0.39, 0.29) is 0 Å². The van der Waals surface area contributed by atoms with Gasteiger partial charge >= 0.3 is 6.18 Å². The fourth-order valence-electron chi connectivity index (χ4n) is 2.01. The van der Waals surface area contributed by atoms with Gasteiger partial charge in [-0.1, -0.05) is 18.2 Å². The topological polar surface area (TPSA) is 38.0 Å². The second-order valence-electron chi connectivity index (χ2n) is 5.46. The van der Waals surface area contributed by atoms with Crippen molar-refractivity contribution in [3.05, 3.63) is 70.8 Å². The molecule has 0 saturated heterocycles. The zero-order chi connectivity index (χ0) is 18.9. The van der Waals surface area contributed by atoms with Crippen molar-refractivity contribution in [2.24, 2.45) is 5.73 Å². The van der Waals surface area contributed by atoms with Crippen molar-refractivity contribution in [3.8, 4) is 0 Å². The van der Waals surface area contributed by atoms with Crippen molar-refractivity contribution in [3.63, 3.8) is 0 Å². The average Bonchev–Trinajstić information content (AvgIpc) is 2.50. The van der Waals surface area contributed by atoms with Crippen LogP contribution in [0.25, 0.3) is 0 Å². The fourth-order valence-corrected chi connectivity index (χ4v) is 2.01. The van der Waals surface area contributed by atoms with Crippen LogP contribution in [-0.4, -0.2) is 13.1 Å². The molecule has 0 unspecified atom stereocenters. The van der Waals surface area contributed by atoms with E-state index in [4.69, 9.17) is 5.73 Å². The molecule has 2 aromatic carbocycles. The van der Waals surface area contributed by atoms with E-state index in [1.165, 1.54) is 18.2 Å². The van der Waals surface area contributed by atoms with E-state index in [0.29, 0.717) is 30.8 Å². The van der Waals surface area contributed by atoms with Crippen LogP contribution in [0.5, 0.6) is 0 Å². The first-order valence-electron chi connectivity index (χ1n) is 7.72. The lowest BCUT2D eigenvalue weighted by molar-refractivity contribution is -0.137. The summed E-state index contributed by atoms with van der Waals surface area (Å²) in [7, 11) is 0. The molecule has 2 rings (SSSR count). The Morgan fingerprint density at radius 1 is 1.00 bits per heavy atom. The van der Waals surface area contributed by atoms with E-state index in [0.717, 1.165) is 24.6 Å². The molecule has 0 radical (unpaired) electrons. The van der Waals surface area contributed by atoms with Gasteiger partial charge in [0.05, 0.1) is 5.56 Å². The first-order valence-corrected chi connectivity index (χ1v) is 7.72. The minimum Gasteiger partial charge on any atom is -0.330 e. The van der Waals surface area contributed by atoms with Gasteiger partial charge in [-0.2, -0.15) is 13.2 Å². The molecule has 0 aliphatic carbocycles. The maximum atomic E-state index is 12.4. The number of nitrogens with two attached hydrogens (primary N) is 1. The average molecular weight is 360 g/mol. The van der Waals surface area contributed by atoms with E-state index >= 15 is 0 Å². The molecule has 138 valence electrons. The Hall–Kier alpha value is -1.99. The predicted molar refractivity (Wildman–Crippen MR) is 87.9 cm³/mol. The lowest BCUT2D eigenvalue weighted by Gasteiger charge is -2.09. The Morgan fingerprint density at radius 3 is 2.16 bits per heavy atom. The van der Waals surface area contributed by atoms with Gasteiger partial charge in [0.25, 0.3) is 0 Å². The summed E-state index contributed by atoms with van der Waals surface area (Å²) >= 11 is 0. The summed E-state index contributed by atoms with van der Waals surface area (Å²) in [6.45, 7) is 3.37. The number of alkyl halides is 3. The summed E-state index contributed by atoms with van der Waals surface area (Å²) in [4.78, 5) is 0. The first kappa shape index (κ1) is 21.1. The van der Waals surface area contributed by atoms with Gasteiger partial charge in [-0.25, -0.2) is 8.78 Å². The first-order chi connectivity index (χ1) is 11.7. The van der Waals surface area contributed by atoms with Crippen LogP contribution in [0.2, 0.25) is 0 Å². The molecule has 2 aromatic rings. The standard InChI is InChI=1S/C11H15F3N2.C7H6F2/c12-11(13,14)10-4-1-3-9(7-10)8-16-6-2-5-15;1-5-2-6(8)4-7(9)3-5/h1,3-4,7,16H,2,5-6,8,15H2;2-4H,1H3. The van der Waals surface area contributed by atoms with Crippen LogP contribution in [0.1, 0.15) is 23.1 Å². The molecule has 25 heavy (non-hydrogen) atoms. The number of hydrogen-bond acceptors (Lipinski definition) is 2. The number of benzene rings is 2. The molecule has 0 fully saturated rings. The van der Waals surface area contributed by atoms with Crippen molar-refractivity contribution in [1.29, 1.82) is 0 Å². The summed E-state index contributed by atoms with van der Waals surface area (Å²) in [5.41, 5.74) is 5.93. The summed E-state index contributed by atoms with van der Waals surface area (Å²) in [5.74, 6) is -1.04. The van der Waals surface area contributed by atoms with E-state index in [1.807, 2.05) is 0 Å². The number of rotatable bonds is 5. The molecule has 0 bridgehead atoms. The molecule has 0 atom stereocenters. The second kappa shape index (κ2) is 10.1. The van der Waals surface area contributed by atoms with Gasteiger partial charge in [0.15, 0.2) is 0 Å². The molecule has 0 aromatic heterocycles. The third kappa shape index (κ3) is 8.60. The monoisotopic (exact) mass is 360 g/mol. The third-order valence-electron chi connectivity index (χ3n) is 3.15. The Morgan fingerprint density at radius 2 is 1.64 bits per heavy atom. The number of halogens is 5. The Kier molecular flexibility index (Phi) is 8.51. The van der Waals surface area contributed by atoms with Gasteiger partial charge in [0, 0.05) is 12.6 Å². The third-order valence-corrected chi connectivity index (χ3v) is 3.15. The summed E-state index contributed by atoms with van der Waals surface area (Å²) < 4.78 is 61.5. The van der Waals surface area contributed by atoms with Gasteiger partial charge in [-0.05, 0) is 55.8 Å². The van der Waals surface area contributed by atoms with Crippen LogP contribution in [0.15, 0.2) is 42.5 Å². The second-order valence-corrected chi connectivity index (χ2v) is 5.46. The van der Waals surface area contributed by atoms with Crippen molar-refractivity contribution in [2.75, 3.05) is 13.1 Å². The van der Waals surface area contributed by atoms with Crippen LogP contribution in [0.3, 0.4) is 0 Å². The molecule has 7 heteroatoms. The van der Waals surface area contributed by atoms with Crippen LogP contribution in [0.4, 0.5) is 22.0 Å². The molecular weight excluding hydrogens is 339 g/mol. The van der Waals surface area contributed by atoms with Crippen molar-refractivity contribution >= 4 is 0 Å². The summed E-state index contributed by atoms with van der Waals surface area (Å²) in [5, 5.41) is 3.03. The highest BCUT2D eigenvalue weighted by Gasteiger charge is 2.30. The zero-order valence-corrected chi connectivity index (χ0v) is 13.8. The lowest BCUT2D eigenvalue weighted by Crippen LogP contribution is -2.18. The highest BCUT2D eigenvalue weighted by molar-refractivity contribution is 5.25. The van der Waals surface area contributed by atoms with E-state index < -0.39 is 23.4 Å². The maximum Gasteiger partial charge on any atom is 0.416 e. The molecule has 0 spiro atoms. The summed E-state index contributed by atoms with van der Waals surface area (Å²) in [6, 6.07) is 8.74. The van der Waals surface area contributed by atoms with Crippen LogP contribution in [-0.2, 0) is 12.7 Å². The molecule has 0 amide bonds. The zero-order valence-electron chi connectivity index (χ0n) is 13.8. The number of hydrogen-bond donors (Lipinski definition) is 2. The normalized spacial score (nSPS) is 11.0. The largest absolute Gasteiger partial charge is 0.416 e. The van der Waals surface area contributed by atoms with Gasteiger partial charge in [0.1, 0.15) is 11.6 Å². The van der Waals surface area contributed by atoms with Crippen molar-refractivity contribution in [1.82, 2.24) is 5.32 Å². The SMILES string of the molecule is Cc1cc(F)cc(F)c1.NCCCNCc1cccc(C(F)(F)F)c1. The highest BCUT2D eigenvalue weighted by Crippen LogP contribution is 2.29. The van der Waals surface area contributed by atoms with Gasteiger partial charge < -0.3 is 11.1 Å². The fraction of sp³-hybridized carbons (Fsp3) is 0.333. The number of nitrogens with one attached hydrogen (secondary N) is 1.